The quantitative estimate of drug-likeness (QED) is 0.780. The third-order valence-corrected chi connectivity index (χ3v) is 4.46. The Balaban J connectivity index is 1.94. The third kappa shape index (κ3) is 2.78. The molecule has 1 saturated carbocycles. The van der Waals surface area contributed by atoms with Gasteiger partial charge in [0, 0.05) is 19.2 Å². The highest BCUT2D eigenvalue weighted by Gasteiger charge is 2.37. The van der Waals surface area contributed by atoms with Crippen molar-refractivity contribution in [3.8, 4) is 0 Å². The van der Waals surface area contributed by atoms with Crippen LogP contribution in [0.25, 0.3) is 0 Å². The Morgan fingerprint density at radius 1 is 1.31 bits per heavy atom. The summed E-state index contributed by atoms with van der Waals surface area (Å²) >= 11 is 0. The number of aliphatic hydroxyl groups excluding tert-OH is 1. The second-order valence-electron chi connectivity index (χ2n) is 6.90. The van der Waals surface area contributed by atoms with Crippen LogP contribution in [0.4, 0.5) is 0 Å². The number of aliphatic hydroxyl groups is 1. The minimum absolute atomic E-state index is 0.377. The third-order valence-electron chi connectivity index (χ3n) is 4.46. The number of hydrogen-bond donors (Lipinski definition) is 1. The molecule has 2 fully saturated rings. The summed E-state index contributed by atoms with van der Waals surface area (Å²) in [6.07, 6.45) is 5.28. The van der Waals surface area contributed by atoms with E-state index in [1.165, 1.54) is 32.2 Å². The molecule has 0 bridgehead atoms. The molecule has 3 unspecified atom stereocenters. The van der Waals surface area contributed by atoms with Crippen LogP contribution in [-0.4, -0.2) is 35.7 Å². The minimum atomic E-state index is 0.377. The average Bonchev–Trinajstić information content (AvgIpc) is 2.62. The first kappa shape index (κ1) is 12.4. The van der Waals surface area contributed by atoms with E-state index in [9.17, 15) is 5.11 Å². The normalized spacial score (nSPS) is 40.1. The fraction of sp³-hybridized carbons (Fsp3) is 1.00. The molecule has 2 nitrogen and oxygen atoms in total. The summed E-state index contributed by atoms with van der Waals surface area (Å²) in [6.45, 7) is 9.93. The predicted molar refractivity (Wildman–Crippen MR) is 67.3 cm³/mol. The van der Waals surface area contributed by atoms with Gasteiger partial charge in [-0.05, 0) is 49.5 Å². The van der Waals surface area contributed by atoms with Crippen LogP contribution in [0, 0.1) is 17.3 Å². The SMILES string of the molecule is CC1CC(N2CCC(CO)C2)CC(C)(C)C1. The molecule has 0 aromatic heterocycles. The van der Waals surface area contributed by atoms with Crippen molar-refractivity contribution in [2.45, 2.75) is 52.5 Å². The van der Waals surface area contributed by atoms with E-state index in [1.54, 1.807) is 0 Å². The molecular formula is C14H27NO. The fourth-order valence-corrected chi connectivity index (χ4v) is 3.92. The van der Waals surface area contributed by atoms with E-state index in [0.717, 1.165) is 18.5 Å². The molecule has 1 aliphatic carbocycles. The number of nitrogens with zero attached hydrogens (tertiary/aromatic N) is 1. The van der Waals surface area contributed by atoms with Gasteiger partial charge >= 0.3 is 0 Å². The van der Waals surface area contributed by atoms with E-state index >= 15 is 0 Å². The van der Waals surface area contributed by atoms with Gasteiger partial charge in [-0.1, -0.05) is 20.8 Å². The van der Waals surface area contributed by atoms with Crippen LogP contribution in [0.15, 0.2) is 0 Å². The van der Waals surface area contributed by atoms with Crippen molar-refractivity contribution in [1.29, 1.82) is 0 Å². The van der Waals surface area contributed by atoms with E-state index in [2.05, 4.69) is 25.7 Å². The molecule has 1 saturated heterocycles. The second kappa shape index (κ2) is 4.66. The van der Waals surface area contributed by atoms with Gasteiger partial charge in [0.05, 0.1) is 0 Å². The molecule has 16 heavy (non-hydrogen) atoms. The lowest BCUT2D eigenvalue weighted by Crippen LogP contribution is -2.42. The predicted octanol–water partition coefficient (Wildman–Crippen LogP) is 2.52. The Labute approximate surface area is 100 Å². The summed E-state index contributed by atoms with van der Waals surface area (Å²) in [5.74, 6) is 1.40. The van der Waals surface area contributed by atoms with Crippen molar-refractivity contribution >= 4 is 0 Å². The number of likely N-dealkylation sites (tertiary alicyclic amines) is 1. The molecule has 1 N–H and O–H groups in total. The van der Waals surface area contributed by atoms with Crippen molar-refractivity contribution in [3.05, 3.63) is 0 Å². The zero-order chi connectivity index (χ0) is 11.8. The van der Waals surface area contributed by atoms with Gasteiger partial charge in [0.1, 0.15) is 0 Å². The summed E-state index contributed by atoms with van der Waals surface area (Å²) in [5, 5.41) is 9.21. The van der Waals surface area contributed by atoms with E-state index in [-0.39, 0.29) is 0 Å². The van der Waals surface area contributed by atoms with E-state index < -0.39 is 0 Å². The highest BCUT2D eigenvalue weighted by atomic mass is 16.3. The topological polar surface area (TPSA) is 23.5 Å². The smallest absolute Gasteiger partial charge is 0.0471 e. The minimum Gasteiger partial charge on any atom is -0.396 e. The van der Waals surface area contributed by atoms with Crippen LogP contribution < -0.4 is 0 Å². The summed E-state index contributed by atoms with van der Waals surface area (Å²) in [5.41, 5.74) is 0.514. The zero-order valence-electron chi connectivity index (χ0n) is 11.1. The van der Waals surface area contributed by atoms with Crippen LogP contribution >= 0.6 is 0 Å². The van der Waals surface area contributed by atoms with Crippen molar-refractivity contribution in [2.24, 2.45) is 17.3 Å². The lowest BCUT2D eigenvalue weighted by molar-refractivity contribution is 0.0772. The first-order valence-electron chi connectivity index (χ1n) is 6.85. The summed E-state index contributed by atoms with van der Waals surface area (Å²) in [4.78, 5) is 2.64. The fourth-order valence-electron chi connectivity index (χ4n) is 3.92. The van der Waals surface area contributed by atoms with E-state index in [0.29, 0.717) is 17.9 Å². The van der Waals surface area contributed by atoms with Crippen LogP contribution in [0.1, 0.15) is 46.5 Å². The van der Waals surface area contributed by atoms with E-state index in [1.807, 2.05) is 0 Å². The lowest BCUT2D eigenvalue weighted by Gasteiger charge is -2.43. The molecule has 2 aliphatic rings. The van der Waals surface area contributed by atoms with Gasteiger partial charge in [-0.15, -0.1) is 0 Å². The van der Waals surface area contributed by atoms with Crippen molar-refractivity contribution < 1.29 is 5.11 Å². The molecule has 0 radical (unpaired) electrons. The molecular weight excluding hydrogens is 198 g/mol. The number of rotatable bonds is 2. The molecule has 94 valence electrons. The Kier molecular flexibility index (Phi) is 3.60. The highest BCUT2D eigenvalue weighted by Crippen LogP contribution is 2.41. The van der Waals surface area contributed by atoms with Crippen LogP contribution in [-0.2, 0) is 0 Å². The molecule has 0 aromatic rings. The van der Waals surface area contributed by atoms with Crippen molar-refractivity contribution in [2.75, 3.05) is 19.7 Å². The van der Waals surface area contributed by atoms with E-state index in [4.69, 9.17) is 0 Å². The van der Waals surface area contributed by atoms with Gasteiger partial charge in [0.15, 0.2) is 0 Å². The first-order chi connectivity index (χ1) is 7.50. The van der Waals surface area contributed by atoms with Gasteiger partial charge in [-0.25, -0.2) is 0 Å². The van der Waals surface area contributed by atoms with Crippen LogP contribution in [0.3, 0.4) is 0 Å². The maximum atomic E-state index is 9.21. The summed E-state index contributed by atoms with van der Waals surface area (Å²) in [6, 6.07) is 0.773. The molecule has 3 atom stereocenters. The molecule has 0 spiro atoms. The molecule has 0 aromatic carbocycles. The van der Waals surface area contributed by atoms with Crippen molar-refractivity contribution in [1.82, 2.24) is 4.90 Å². The Morgan fingerprint density at radius 2 is 2.06 bits per heavy atom. The van der Waals surface area contributed by atoms with Crippen LogP contribution in [0.2, 0.25) is 0 Å². The summed E-state index contributed by atoms with van der Waals surface area (Å²) < 4.78 is 0. The van der Waals surface area contributed by atoms with Gasteiger partial charge in [-0.2, -0.15) is 0 Å². The standard InChI is InChI=1S/C14H27NO/c1-11-6-13(8-14(2,3)7-11)15-5-4-12(9-15)10-16/h11-13,16H,4-10H2,1-3H3. The first-order valence-corrected chi connectivity index (χ1v) is 6.85. The maximum absolute atomic E-state index is 9.21. The lowest BCUT2D eigenvalue weighted by atomic mass is 9.70. The van der Waals surface area contributed by atoms with Gasteiger partial charge in [0.2, 0.25) is 0 Å². The monoisotopic (exact) mass is 225 g/mol. The Morgan fingerprint density at radius 3 is 2.62 bits per heavy atom. The molecule has 1 aliphatic heterocycles. The average molecular weight is 225 g/mol. The maximum Gasteiger partial charge on any atom is 0.0471 e. The van der Waals surface area contributed by atoms with Crippen molar-refractivity contribution in [3.63, 3.8) is 0 Å². The highest BCUT2D eigenvalue weighted by molar-refractivity contribution is 4.90. The molecule has 1 heterocycles. The Hall–Kier alpha value is -0.0800. The molecule has 2 rings (SSSR count). The number of hydrogen-bond acceptors (Lipinski definition) is 2. The van der Waals surface area contributed by atoms with Crippen LogP contribution in [0.5, 0.6) is 0 Å². The molecule has 2 heteroatoms. The molecule has 0 amide bonds. The largest absolute Gasteiger partial charge is 0.396 e. The van der Waals surface area contributed by atoms with Gasteiger partial charge in [0.25, 0.3) is 0 Å². The van der Waals surface area contributed by atoms with Gasteiger partial charge in [-0.3, -0.25) is 4.90 Å². The zero-order valence-corrected chi connectivity index (χ0v) is 11.1. The van der Waals surface area contributed by atoms with Gasteiger partial charge < -0.3 is 5.11 Å². The Bertz CT molecular complexity index is 239. The summed E-state index contributed by atoms with van der Waals surface area (Å²) in [7, 11) is 0. The second-order valence-corrected chi connectivity index (χ2v) is 6.90.